The topological polar surface area (TPSA) is 124 Å². The second-order valence-electron chi connectivity index (χ2n) is 15.9. The Morgan fingerprint density at radius 2 is 1.71 bits per heavy atom. The van der Waals surface area contributed by atoms with E-state index in [1.54, 1.807) is 57.3 Å². The molecule has 0 bridgehead atoms. The molecule has 2 aromatic carbocycles. The Labute approximate surface area is 376 Å². The number of amides is 3. The van der Waals surface area contributed by atoms with Gasteiger partial charge in [-0.15, -0.1) is 0 Å². The van der Waals surface area contributed by atoms with E-state index in [1.165, 1.54) is 30.0 Å². The lowest BCUT2D eigenvalue weighted by Gasteiger charge is -2.31. The summed E-state index contributed by atoms with van der Waals surface area (Å²) in [5, 5.41) is 14.0. The summed E-state index contributed by atoms with van der Waals surface area (Å²) in [6.45, 7) is 24.7. The fourth-order valence-corrected chi connectivity index (χ4v) is 7.32. The van der Waals surface area contributed by atoms with Gasteiger partial charge >= 0.3 is 0 Å². The molecule has 62 heavy (non-hydrogen) atoms. The lowest BCUT2D eigenvalue weighted by molar-refractivity contribution is -0.128. The van der Waals surface area contributed by atoms with E-state index in [9.17, 15) is 14.4 Å². The average Bonchev–Trinajstić information content (AvgIpc) is 3.66. The van der Waals surface area contributed by atoms with Crippen molar-refractivity contribution in [1.29, 1.82) is 0 Å². The molecular weight excluding hydrogens is 805 g/mol. The van der Waals surface area contributed by atoms with Crippen molar-refractivity contribution >= 4 is 35.0 Å². The zero-order valence-electron chi connectivity index (χ0n) is 39.6. The van der Waals surface area contributed by atoms with E-state index in [4.69, 9.17) is 26.4 Å². The van der Waals surface area contributed by atoms with E-state index in [0.717, 1.165) is 55.6 Å². The Kier molecular flexibility index (Phi) is 22.4. The summed E-state index contributed by atoms with van der Waals surface area (Å²) < 4.78 is 21.0. The van der Waals surface area contributed by atoms with Gasteiger partial charge in [0.05, 0.1) is 17.8 Å². The Morgan fingerprint density at radius 3 is 2.29 bits per heavy atom. The van der Waals surface area contributed by atoms with Gasteiger partial charge in [0.15, 0.2) is 0 Å². The molecule has 0 spiro atoms. The second-order valence-corrected chi connectivity index (χ2v) is 16.3. The lowest BCUT2D eigenvalue weighted by Crippen LogP contribution is -2.41. The van der Waals surface area contributed by atoms with Crippen molar-refractivity contribution in [3.63, 3.8) is 0 Å². The Bertz CT molecular complexity index is 2020. The van der Waals surface area contributed by atoms with Gasteiger partial charge in [-0.2, -0.15) is 0 Å². The SMILES string of the molecule is C=C1N(C)C=C(C(=O)Nc2cccc(-c3c(F)ccc(-c4cc5c(c(OC)n4)C(C)CC5)c3Cl)c2C)C(=O)N1C.CC.CCC(C)CCC(CC)NC(=O)C(C)CC.CCCO. The van der Waals surface area contributed by atoms with E-state index in [2.05, 4.69) is 51.8 Å². The van der Waals surface area contributed by atoms with Gasteiger partial charge in [-0.3, -0.25) is 19.3 Å². The van der Waals surface area contributed by atoms with Gasteiger partial charge < -0.3 is 25.4 Å². The van der Waals surface area contributed by atoms with Gasteiger partial charge in [-0.05, 0) is 105 Å². The predicted molar refractivity (Wildman–Crippen MR) is 254 cm³/mol. The summed E-state index contributed by atoms with van der Waals surface area (Å²) in [6.07, 6.45) is 9.78. The summed E-state index contributed by atoms with van der Waals surface area (Å²) in [5.41, 5.74) is 5.14. The quantitative estimate of drug-likeness (QED) is 0.138. The minimum absolute atomic E-state index is 0.0423. The highest BCUT2D eigenvalue weighted by atomic mass is 35.5. The van der Waals surface area contributed by atoms with Gasteiger partial charge in [0.25, 0.3) is 11.8 Å². The first-order chi connectivity index (χ1) is 29.5. The van der Waals surface area contributed by atoms with Crippen LogP contribution in [0.5, 0.6) is 5.88 Å². The van der Waals surface area contributed by atoms with Gasteiger partial charge in [0, 0.05) is 61.2 Å². The third-order valence-electron chi connectivity index (χ3n) is 11.6. The van der Waals surface area contributed by atoms with Crippen LogP contribution >= 0.6 is 11.6 Å². The number of anilines is 1. The van der Waals surface area contributed by atoms with Crippen LogP contribution in [0.1, 0.15) is 130 Å². The molecule has 3 aromatic rings. The number of aromatic nitrogens is 1. The van der Waals surface area contributed by atoms with E-state index in [1.807, 2.05) is 33.8 Å². The molecule has 342 valence electrons. The monoisotopic (exact) mass is 878 g/mol. The molecular formula is C50H73ClFN5O5. The van der Waals surface area contributed by atoms with Crippen molar-refractivity contribution in [3.05, 3.63) is 88.1 Å². The Hall–Kier alpha value is -4.74. The fraction of sp³-hybridized carbons (Fsp3) is 0.520. The first-order valence-corrected chi connectivity index (χ1v) is 22.7. The number of hydrogen-bond acceptors (Lipinski definition) is 7. The maximum Gasteiger partial charge on any atom is 0.266 e. The average molecular weight is 879 g/mol. The number of pyridine rings is 1. The van der Waals surface area contributed by atoms with Crippen molar-refractivity contribution in [2.24, 2.45) is 11.8 Å². The molecule has 10 nitrogen and oxygen atoms in total. The van der Waals surface area contributed by atoms with Crippen LogP contribution in [0.3, 0.4) is 0 Å². The van der Waals surface area contributed by atoms with Gasteiger partial charge in [-0.25, -0.2) is 9.37 Å². The van der Waals surface area contributed by atoms with Crippen LogP contribution in [0.4, 0.5) is 10.1 Å². The number of halogens is 2. The fourth-order valence-electron chi connectivity index (χ4n) is 6.97. The normalized spacial score (nSPS) is 15.6. The van der Waals surface area contributed by atoms with Crippen molar-refractivity contribution in [2.45, 2.75) is 133 Å². The van der Waals surface area contributed by atoms with Crippen molar-refractivity contribution in [3.8, 4) is 28.3 Å². The standard InChI is InChI=1S/C31H30ClFN4O3.C14H29NO.C3H8O.C2H6/c1-16-10-11-19-14-25(35-30(40-6)26(16)19)21-12-13-23(33)27(28(21)32)20-8-7-9-24(17(20)2)34-29(38)22-15-36(4)18(3)37(5)31(22)39;1-6-11(4)9-10-13(8-3)15-14(16)12(5)7-2;1-2-3-4;1-2/h7-9,12-16H,3,10-11H2,1-2,4-6H3,(H,34,38);11-13H,6-10H2,1-5H3,(H,15,16);4H,2-3H2,1H3;1-2H3. The number of nitrogens with one attached hydrogen (secondary N) is 2. The maximum atomic E-state index is 15.4. The van der Waals surface area contributed by atoms with Crippen LogP contribution in [-0.2, 0) is 20.8 Å². The highest BCUT2D eigenvalue weighted by Gasteiger charge is 2.30. The molecule has 2 aliphatic rings. The second kappa shape index (κ2) is 26.0. The number of hydrogen-bond donors (Lipinski definition) is 3. The summed E-state index contributed by atoms with van der Waals surface area (Å²) in [4.78, 5) is 45.2. The van der Waals surface area contributed by atoms with Crippen molar-refractivity contribution in [1.82, 2.24) is 20.1 Å². The molecule has 0 saturated carbocycles. The maximum absolute atomic E-state index is 15.4. The number of benzene rings is 2. The third-order valence-corrected chi connectivity index (χ3v) is 12.0. The summed E-state index contributed by atoms with van der Waals surface area (Å²) in [7, 11) is 4.85. The van der Waals surface area contributed by atoms with Gasteiger partial charge in [-0.1, -0.05) is 99.0 Å². The Morgan fingerprint density at radius 1 is 1.05 bits per heavy atom. The highest BCUT2D eigenvalue weighted by Crippen LogP contribution is 2.44. The number of likely N-dealkylation sites (N-methyl/N-ethyl adjacent to an activating group) is 1. The number of nitrogens with zero attached hydrogens (tertiary/aromatic N) is 3. The van der Waals surface area contributed by atoms with E-state index < -0.39 is 17.6 Å². The van der Waals surface area contributed by atoms with Crippen LogP contribution in [0.25, 0.3) is 22.4 Å². The molecule has 4 unspecified atom stereocenters. The number of carbonyl (C=O) groups is 3. The summed E-state index contributed by atoms with van der Waals surface area (Å²) in [5.74, 6) is 0.954. The first kappa shape index (κ1) is 53.4. The molecule has 2 heterocycles. The molecule has 4 atom stereocenters. The van der Waals surface area contributed by atoms with Crippen LogP contribution in [0, 0.1) is 24.6 Å². The van der Waals surface area contributed by atoms with Crippen molar-refractivity contribution in [2.75, 3.05) is 33.1 Å². The molecule has 1 aromatic heterocycles. The van der Waals surface area contributed by atoms with E-state index in [-0.39, 0.29) is 28.0 Å². The molecule has 5 rings (SSSR count). The van der Waals surface area contributed by atoms with E-state index in [0.29, 0.717) is 58.3 Å². The van der Waals surface area contributed by atoms with Crippen LogP contribution in [0.2, 0.25) is 5.02 Å². The smallest absolute Gasteiger partial charge is 0.266 e. The van der Waals surface area contributed by atoms with Gasteiger partial charge in [0.1, 0.15) is 17.2 Å². The summed E-state index contributed by atoms with van der Waals surface area (Å²) in [6, 6.07) is 10.5. The molecule has 1 aliphatic heterocycles. The zero-order chi connectivity index (χ0) is 46.8. The van der Waals surface area contributed by atoms with Crippen LogP contribution < -0.4 is 15.4 Å². The van der Waals surface area contributed by atoms with Crippen LogP contribution in [-0.4, -0.2) is 71.5 Å². The number of carbonyl (C=O) groups excluding carboxylic acids is 3. The highest BCUT2D eigenvalue weighted by molar-refractivity contribution is 6.36. The summed E-state index contributed by atoms with van der Waals surface area (Å²) >= 11 is 6.89. The minimum atomic E-state index is -0.583. The molecule has 12 heteroatoms. The minimum Gasteiger partial charge on any atom is -0.481 e. The van der Waals surface area contributed by atoms with E-state index >= 15 is 4.39 Å². The molecule has 3 amide bonds. The van der Waals surface area contributed by atoms with Crippen molar-refractivity contribution < 1.29 is 28.6 Å². The molecule has 0 radical (unpaired) electrons. The van der Waals surface area contributed by atoms with Gasteiger partial charge in [0.2, 0.25) is 11.8 Å². The predicted octanol–water partition coefficient (Wildman–Crippen LogP) is 11.4. The lowest BCUT2D eigenvalue weighted by atomic mass is 9.95. The number of methoxy groups -OCH3 is 1. The number of fused-ring (bicyclic) bond motifs is 1. The molecule has 0 saturated heterocycles. The largest absolute Gasteiger partial charge is 0.481 e. The Balaban J connectivity index is 0.000000503. The zero-order valence-corrected chi connectivity index (χ0v) is 40.4. The molecule has 3 N–H and O–H groups in total. The number of aliphatic hydroxyl groups excluding tert-OH is 1. The third kappa shape index (κ3) is 13.6. The number of rotatable bonds is 14. The molecule has 1 aliphatic carbocycles. The van der Waals surface area contributed by atoms with Crippen LogP contribution in [0.15, 0.2) is 60.6 Å². The number of ether oxygens (including phenoxy) is 1. The molecule has 0 fully saturated rings. The number of aliphatic hydroxyl groups is 1. The number of aryl methyl sites for hydroxylation is 1. The first-order valence-electron chi connectivity index (χ1n) is 22.3.